The number of hydrogen-bond acceptors (Lipinski definition) is 4. The van der Waals surface area contributed by atoms with E-state index in [-0.39, 0.29) is 12.0 Å². The number of thiophene rings is 1. The Bertz CT molecular complexity index is 894. The third-order valence-corrected chi connectivity index (χ3v) is 4.47. The average molecular weight is 314 g/mol. The van der Waals surface area contributed by atoms with Crippen molar-refractivity contribution in [3.05, 3.63) is 51.1 Å². The SMILES string of the molecule is Cc1csc2nc(-c3ccc(CCC(=O)O)cc3)[nH]c(=O)c12. The third kappa shape index (κ3) is 2.78. The minimum Gasteiger partial charge on any atom is -0.481 e. The van der Waals surface area contributed by atoms with Crippen LogP contribution in [0.3, 0.4) is 0 Å². The van der Waals surface area contributed by atoms with Crippen molar-refractivity contribution in [1.82, 2.24) is 9.97 Å². The maximum atomic E-state index is 12.1. The van der Waals surface area contributed by atoms with Crippen molar-refractivity contribution in [2.45, 2.75) is 19.8 Å². The molecule has 0 saturated carbocycles. The summed E-state index contributed by atoms with van der Waals surface area (Å²) in [6.45, 7) is 1.90. The summed E-state index contributed by atoms with van der Waals surface area (Å²) in [6.07, 6.45) is 0.595. The first-order valence-corrected chi connectivity index (χ1v) is 7.72. The van der Waals surface area contributed by atoms with Crippen molar-refractivity contribution in [2.75, 3.05) is 0 Å². The van der Waals surface area contributed by atoms with Crippen LogP contribution in [-0.4, -0.2) is 21.0 Å². The molecule has 0 atom stereocenters. The van der Waals surface area contributed by atoms with E-state index < -0.39 is 5.97 Å². The number of aromatic nitrogens is 2. The lowest BCUT2D eigenvalue weighted by Gasteiger charge is -2.03. The number of nitrogens with zero attached hydrogens (tertiary/aromatic N) is 1. The molecular weight excluding hydrogens is 300 g/mol. The number of benzene rings is 1. The zero-order valence-corrected chi connectivity index (χ0v) is 12.7. The lowest BCUT2D eigenvalue weighted by molar-refractivity contribution is -0.136. The fourth-order valence-electron chi connectivity index (χ4n) is 2.31. The molecule has 5 nitrogen and oxygen atoms in total. The Kier molecular flexibility index (Phi) is 3.77. The number of carboxylic acids is 1. The number of carbonyl (C=O) groups is 1. The van der Waals surface area contributed by atoms with Gasteiger partial charge in [-0.05, 0) is 29.9 Å². The van der Waals surface area contributed by atoms with Crippen LogP contribution < -0.4 is 5.56 Å². The van der Waals surface area contributed by atoms with Gasteiger partial charge in [0.1, 0.15) is 10.7 Å². The number of hydrogen-bond donors (Lipinski definition) is 2. The van der Waals surface area contributed by atoms with Crippen molar-refractivity contribution >= 4 is 27.5 Å². The molecule has 0 aliphatic carbocycles. The predicted molar refractivity (Wildman–Crippen MR) is 86.4 cm³/mol. The van der Waals surface area contributed by atoms with Crippen LogP contribution in [0.2, 0.25) is 0 Å². The van der Waals surface area contributed by atoms with E-state index in [2.05, 4.69) is 9.97 Å². The number of aryl methyl sites for hydroxylation is 2. The number of aliphatic carboxylic acids is 1. The van der Waals surface area contributed by atoms with E-state index in [4.69, 9.17) is 5.11 Å². The van der Waals surface area contributed by atoms with Gasteiger partial charge in [0, 0.05) is 12.0 Å². The van der Waals surface area contributed by atoms with E-state index in [1.807, 2.05) is 36.6 Å². The highest BCUT2D eigenvalue weighted by Crippen LogP contribution is 2.23. The molecule has 0 aliphatic rings. The van der Waals surface area contributed by atoms with Crippen LogP contribution in [0, 0.1) is 6.92 Å². The monoisotopic (exact) mass is 314 g/mol. The van der Waals surface area contributed by atoms with E-state index in [1.54, 1.807) is 0 Å². The van der Waals surface area contributed by atoms with Gasteiger partial charge >= 0.3 is 5.97 Å². The second kappa shape index (κ2) is 5.73. The minimum atomic E-state index is -0.811. The largest absolute Gasteiger partial charge is 0.481 e. The Morgan fingerprint density at radius 2 is 2.05 bits per heavy atom. The van der Waals surface area contributed by atoms with Gasteiger partial charge in [-0.25, -0.2) is 4.98 Å². The van der Waals surface area contributed by atoms with Crippen LogP contribution in [0.5, 0.6) is 0 Å². The summed E-state index contributed by atoms with van der Waals surface area (Å²) in [4.78, 5) is 30.8. The highest BCUT2D eigenvalue weighted by molar-refractivity contribution is 7.16. The minimum absolute atomic E-state index is 0.106. The molecule has 0 unspecified atom stereocenters. The maximum absolute atomic E-state index is 12.1. The molecule has 0 saturated heterocycles. The molecule has 1 aromatic carbocycles. The molecule has 0 aliphatic heterocycles. The lowest BCUT2D eigenvalue weighted by Crippen LogP contribution is -2.09. The molecule has 2 heterocycles. The Labute approximate surface area is 130 Å². The number of rotatable bonds is 4. The summed E-state index contributed by atoms with van der Waals surface area (Å²) < 4.78 is 0. The van der Waals surface area contributed by atoms with Crippen LogP contribution in [0.4, 0.5) is 0 Å². The van der Waals surface area contributed by atoms with E-state index in [1.165, 1.54) is 11.3 Å². The van der Waals surface area contributed by atoms with Gasteiger partial charge in [-0.1, -0.05) is 24.3 Å². The fraction of sp³-hybridized carbons (Fsp3) is 0.188. The molecule has 0 bridgehead atoms. The normalized spacial score (nSPS) is 11.0. The molecule has 0 spiro atoms. The van der Waals surface area contributed by atoms with Crippen molar-refractivity contribution in [3.8, 4) is 11.4 Å². The first kappa shape index (κ1) is 14.5. The van der Waals surface area contributed by atoms with Gasteiger partial charge < -0.3 is 10.1 Å². The van der Waals surface area contributed by atoms with Crippen LogP contribution in [0.15, 0.2) is 34.4 Å². The fourth-order valence-corrected chi connectivity index (χ4v) is 3.23. The third-order valence-electron chi connectivity index (χ3n) is 3.48. The van der Waals surface area contributed by atoms with E-state index in [0.717, 1.165) is 21.5 Å². The first-order valence-electron chi connectivity index (χ1n) is 6.84. The molecule has 2 aromatic heterocycles. The van der Waals surface area contributed by atoms with Crippen LogP contribution in [0.1, 0.15) is 17.5 Å². The molecular formula is C16H14N2O3S. The summed E-state index contributed by atoms with van der Waals surface area (Å²) in [5.74, 6) is -0.280. The first-order chi connectivity index (χ1) is 10.5. The zero-order chi connectivity index (χ0) is 15.7. The van der Waals surface area contributed by atoms with Crippen LogP contribution in [0.25, 0.3) is 21.6 Å². The molecule has 0 amide bonds. The number of H-pyrrole nitrogens is 1. The topological polar surface area (TPSA) is 83.0 Å². The lowest BCUT2D eigenvalue weighted by atomic mass is 10.1. The summed E-state index contributed by atoms with van der Waals surface area (Å²) in [5.41, 5.74) is 2.56. The van der Waals surface area contributed by atoms with E-state index in [9.17, 15) is 9.59 Å². The van der Waals surface area contributed by atoms with Gasteiger partial charge in [0.05, 0.1) is 5.39 Å². The Morgan fingerprint density at radius 1 is 1.32 bits per heavy atom. The molecule has 2 N–H and O–H groups in total. The van der Waals surface area contributed by atoms with Crippen molar-refractivity contribution < 1.29 is 9.90 Å². The van der Waals surface area contributed by atoms with Crippen LogP contribution >= 0.6 is 11.3 Å². The number of nitrogens with one attached hydrogen (secondary N) is 1. The van der Waals surface area contributed by atoms with Gasteiger partial charge in [0.25, 0.3) is 5.56 Å². The Hall–Kier alpha value is -2.47. The molecule has 6 heteroatoms. The number of carboxylic acid groups (broad SMARTS) is 1. The quantitative estimate of drug-likeness (QED) is 0.775. The highest BCUT2D eigenvalue weighted by atomic mass is 32.1. The molecule has 0 fully saturated rings. The standard InChI is InChI=1S/C16H14N2O3S/c1-9-8-22-16-13(9)15(21)17-14(18-16)11-5-2-10(3-6-11)4-7-12(19)20/h2-3,5-6,8H,4,7H2,1H3,(H,19,20)(H,17,18,21). The molecule has 22 heavy (non-hydrogen) atoms. The molecule has 112 valence electrons. The van der Waals surface area contributed by atoms with Gasteiger partial charge in [-0.2, -0.15) is 0 Å². The molecule has 3 aromatic rings. The van der Waals surface area contributed by atoms with Crippen molar-refractivity contribution in [2.24, 2.45) is 0 Å². The summed E-state index contributed by atoms with van der Waals surface area (Å²) in [5, 5.41) is 11.3. The average Bonchev–Trinajstić information content (AvgIpc) is 2.87. The van der Waals surface area contributed by atoms with Gasteiger partial charge in [-0.15, -0.1) is 11.3 Å². The summed E-state index contributed by atoms with van der Waals surface area (Å²) >= 11 is 1.46. The van der Waals surface area contributed by atoms with Crippen molar-refractivity contribution in [3.63, 3.8) is 0 Å². The Balaban J connectivity index is 1.94. The second-order valence-corrected chi connectivity index (χ2v) is 5.96. The Morgan fingerprint density at radius 3 is 2.73 bits per heavy atom. The maximum Gasteiger partial charge on any atom is 0.303 e. The second-order valence-electron chi connectivity index (χ2n) is 5.10. The van der Waals surface area contributed by atoms with Crippen molar-refractivity contribution in [1.29, 1.82) is 0 Å². The molecule has 0 radical (unpaired) electrons. The van der Waals surface area contributed by atoms with Crippen LogP contribution in [-0.2, 0) is 11.2 Å². The molecule has 3 rings (SSSR count). The van der Waals surface area contributed by atoms with Gasteiger partial charge in [0.2, 0.25) is 0 Å². The van der Waals surface area contributed by atoms with E-state index >= 15 is 0 Å². The summed E-state index contributed by atoms with van der Waals surface area (Å²) in [6, 6.07) is 7.42. The number of aromatic amines is 1. The zero-order valence-electron chi connectivity index (χ0n) is 11.9. The number of fused-ring (bicyclic) bond motifs is 1. The van der Waals surface area contributed by atoms with Gasteiger partial charge in [-0.3, -0.25) is 9.59 Å². The summed E-state index contributed by atoms with van der Waals surface area (Å²) in [7, 11) is 0. The highest BCUT2D eigenvalue weighted by Gasteiger charge is 2.10. The van der Waals surface area contributed by atoms with Gasteiger partial charge in [0.15, 0.2) is 0 Å². The van der Waals surface area contributed by atoms with E-state index in [0.29, 0.717) is 17.6 Å². The predicted octanol–water partition coefficient (Wildman–Crippen LogP) is 2.98. The smallest absolute Gasteiger partial charge is 0.303 e.